The number of anilines is 1. The molecule has 24 heavy (non-hydrogen) atoms. The maximum Gasteiger partial charge on any atom is 0.227 e. The van der Waals surface area contributed by atoms with E-state index in [-0.39, 0.29) is 11.8 Å². The molecule has 0 bridgehead atoms. The zero-order chi connectivity index (χ0) is 16.9. The van der Waals surface area contributed by atoms with E-state index in [9.17, 15) is 4.79 Å². The molecule has 0 saturated carbocycles. The molecule has 0 aromatic carbocycles. The first kappa shape index (κ1) is 16.4. The van der Waals surface area contributed by atoms with Crippen molar-refractivity contribution < 1.29 is 4.79 Å². The van der Waals surface area contributed by atoms with Crippen LogP contribution in [0, 0.1) is 12.8 Å². The van der Waals surface area contributed by atoms with Gasteiger partial charge in [0.15, 0.2) is 5.82 Å². The van der Waals surface area contributed by atoms with Gasteiger partial charge < -0.3 is 9.80 Å². The summed E-state index contributed by atoms with van der Waals surface area (Å²) in [7, 11) is 0. The fourth-order valence-corrected chi connectivity index (χ4v) is 3.01. The number of amides is 1. The summed E-state index contributed by atoms with van der Waals surface area (Å²) in [6.45, 7) is 7.72. The predicted octanol–water partition coefficient (Wildman–Crippen LogP) is 1.36. The van der Waals surface area contributed by atoms with Crippen LogP contribution in [0.5, 0.6) is 0 Å². The summed E-state index contributed by atoms with van der Waals surface area (Å²) in [5, 5.41) is 12.6. The Morgan fingerprint density at radius 1 is 1.21 bits per heavy atom. The van der Waals surface area contributed by atoms with Crippen molar-refractivity contribution >= 4 is 11.7 Å². The molecule has 1 fully saturated rings. The number of aryl methyl sites for hydroxylation is 1. The Labute approximate surface area is 142 Å². The van der Waals surface area contributed by atoms with Gasteiger partial charge in [-0.05, 0) is 31.5 Å². The summed E-state index contributed by atoms with van der Waals surface area (Å²) < 4.78 is 1.81. The first-order valence-electron chi connectivity index (χ1n) is 8.45. The molecule has 7 nitrogen and oxygen atoms in total. The van der Waals surface area contributed by atoms with E-state index in [1.54, 1.807) is 6.20 Å². The SMILES string of the molecule is Cc1ccc(N2CCCN(C(=O)[C@@H](C)Cn3cccn3)CC2)nn1. The molecule has 1 amide bonds. The average molecular weight is 328 g/mol. The van der Waals surface area contributed by atoms with Gasteiger partial charge in [-0.2, -0.15) is 10.2 Å². The first-order valence-corrected chi connectivity index (χ1v) is 8.45. The quantitative estimate of drug-likeness (QED) is 0.848. The summed E-state index contributed by atoms with van der Waals surface area (Å²) in [5.41, 5.74) is 0.915. The molecule has 2 aromatic heterocycles. The number of hydrogen-bond acceptors (Lipinski definition) is 5. The Kier molecular flexibility index (Phi) is 5.08. The minimum atomic E-state index is -0.0735. The van der Waals surface area contributed by atoms with Gasteiger partial charge >= 0.3 is 0 Å². The highest BCUT2D eigenvalue weighted by molar-refractivity contribution is 5.78. The molecule has 3 heterocycles. The number of carbonyl (C=O) groups is 1. The highest BCUT2D eigenvalue weighted by Crippen LogP contribution is 2.15. The van der Waals surface area contributed by atoms with Crippen molar-refractivity contribution in [3.05, 3.63) is 36.3 Å². The van der Waals surface area contributed by atoms with E-state index in [0.717, 1.165) is 44.1 Å². The fourth-order valence-electron chi connectivity index (χ4n) is 3.01. The van der Waals surface area contributed by atoms with Gasteiger partial charge in [0.1, 0.15) is 0 Å². The zero-order valence-corrected chi connectivity index (χ0v) is 14.3. The molecule has 128 valence electrons. The Balaban J connectivity index is 1.58. The molecule has 1 saturated heterocycles. The standard InChI is InChI=1S/C17H24N6O/c1-14(13-23-10-3-7-18-23)17(24)22-9-4-8-21(11-12-22)16-6-5-15(2)19-20-16/h3,5-7,10,14H,4,8-9,11-13H2,1-2H3/t14-/m0/s1. The molecule has 7 heteroatoms. The maximum absolute atomic E-state index is 12.7. The van der Waals surface area contributed by atoms with E-state index >= 15 is 0 Å². The Hall–Kier alpha value is -2.44. The second-order valence-electron chi connectivity index (χ2n) is 6.33. The Morgan fingerprint density at radius 3 is 2.79 bits per heavy atom. The highest BCUT2D eigenvalue weighted by Gasteiger charge is 2.24. The van der Waals surface area contributed by atoms with E-state index < -0.39 is 0 Å². The average Bonchev–Trinajstić information content (AvgIpc) is 2.97. The summed E-state index contributed by atoms with van der Waals surface area (Å²) in [6, 6.07) is 5.85. The smallest absolute Gasteiger partial charge is 0.227 e. The first-order chi connectivity index (χ1) is 11.6. The van der Waals surface area contributed by atoms with Crippen molar-refractivity contribution in [1.82, 2.24) is 24.9 Å². The van der Waals surface area contributed by atoms with Crippen LogP contribution >= 0.6 is 0 Å². The number of hydrogen-bond donors (Lipinski definition) is 0. The second kappa shape index (κ2) is 7.42. The lowest BCUT2D eigenvalue weighted by molar-refractivity contribution is -0.135. The van der Waals surface area contributed by atoms with Crippen molar-refractivity contribution in [3.63, 3.8) is 0 Å². The van der Waals surface area contributed by atoms with Crippen LogP contribution in [-0.4, -0.2) is 57.0 Å². The maximum atomic E-state index is 12.7. The van der Waals surface area contributed by atoms with E-state index in [1.807, 2.05) is 47.8 Å². The molecular formula is C17H24N6O. The third-order valence-corrected chi connectivity index (χ3v) is 4.36. The molecular weight excluding hydrogens is 304 g/mol. The third-order valence-electron chi connectivity index (χ3n) is 4.36. The lowest BCUT2D eigenvalue weighted by Gasteiger charge is -2.25. The van der Waals surface area contributed by atoms with Crippen LogP contribution in [0.2, 0.25) is 0 Å². The van der Waals surface area contributed by atoms with Gasteiger partial charge in [-0.15, -0.1) is 5.10 Å². The monoisotopic (exact) mass is 328 g/mol. The Bertz CT molecular complexity index is 654. The minimum Gasteiger partial charge on any atom is -0.353 e. The Morgan fingerprint density at radius 2 is 2.08 bits per heavy atom. The van der Waals surface area contributed by atoms with Gasteiger partial charge in [0.05, 0.1) is 18.2 Å². The van der Waals surface area contributed by atoms with Crippen LogP contribution in [0.4, 0.5) is 5.82 Å². The van der Waals surface area contributed by atoms with E-state index in [4.69, 9.17) is 0 Å². The summed E-state index contributed by atoms with van der Waals surface area (Å²) in [6.07, 6.45) is 4.57. The van der Waals surface area contributed by atoms with Crippen LogP contribution < -0.4 is 4.90 Å². The van der Waals surface area contributed by atoms with E-state index in [2.05, 4.69) is 20.2 Å². The van der Waals surface area contributed by atoms with Gasteiger partial charge in [-0.3, -0.25) is 9.48 Å². The predicted molar refractivity (Wildman–Crippen MR) is 91.6 cm³/mol. The molecule has 0 N–H and O–H groups in total. The number of aromatic nitrogens is 4. The van der Waals surface area contributed by atoms with Crippen molar-refractivity contribution in [2.45, 2.75) is 26.8 Å². The van der Waals surface area contributed by atoms with Crippen molar-refractivity contribution in [1.29, 1.82) is 0 Å². The topological polar surface area (TPSA) is 67.2 Å². The summed E-state index contributed by atoms with van der Waals surface area (Å²) in [5.74, 6) is 1.01. The molecule has 0 spiro atoms. The zero-order valence-electron chi connectivity index (χ0n) is 14.3. The van der Waals surface area contributed by atoms with Gasteiger partial charge in [-0.1, -0.05) is 6.92 Å². The summed E-state index contributed by atoms with van der Waals surface area (Å²) >= 11 is 0. The lowest BCUT2D eigenvalue weighted by Crippen LogP contribution is -2.39. The highest BCUT2D eigenvalue weighted by atomic mass is 16.2. The number of rotatable bonds is 4. The van der Waals surface area contributed by atoms with Crippen LogP contribution in [-0.2, 0) is 11.3 Å². The third kappa shape index (κ3) is 3.90. The molecule has 1 aliphatic heterocycles. The van der Waals surface area contributed by atoms with Crippen molar-refractivity contribution in [2.24, 2.45) is 5.92 Å². The number of nitrogens with zero attached hydrogens (tertiary/aromatic N) is 6. The van der Waals surface area contributed by atoms with Crippen LogP contribution in [0.15, 0.2) is 30.6 Å². The van der Waals surface area contributed by atoms with E-state index in [1.165, 1.54) is 0 Å². The largest absolute Gasteiger partial charge is 0.353 e. The molecule has 2 aromatic rings. The molecule has 3 rings (SSSR count). The molecule has 0 unspecified atom stereocenters. The second-order valence-corrected chi connectivity index (χ2v) is 6.33. The van der Waals surface area contributed by atoms with Crippen molar-refractivity contribution in [2.75, 3.05) is 31.1 Å². The van der Waals surface area contributed by atoms with Crippen LogP contribution in [0.25, 0.3) is 0 Å². The van der Waals surface area contributed by atoms with Crippen LogP contribution in [0.1, 0.15) is 19.0 Å². The molecule has 1 aliphatic rings. The van der Waals surface area contributed by atoms with Gasteiger partial charge in [-0.25, -0.2) is 0 Å². The van der Waals surface area contributed by atoms with Gasteiger partial charge in [0, 0.05) is 38.6 Å². The lowest BCUT2D eigenvalue weighted by atomic mass is 10.1. The minimum absolute atomic E-state index is 0.0735. The van der Waals surface area contributed by atoms with Crippen molar-refractivity contribution in [3.8, 4) is 0 Å². The van der Waals surface area contributed by atoms with E-state index in [0.29, 0.717) is 6.54 Å². The summed E-state index contributed by atoms with van der Waals surface area (Å²) in [4.78, 5) is 16.9. The van der Waals surface area contributed by atoms with Crippen LogP contribution in [0.3, 0.4) is 0 Å². The van der Waals surface area contributed by atoms with Gasteiger partial charge in [0.2, 0.25) is 5.91 Å². The molecule has 0 radical (unpaired) electrons. The fraction of sp³-hybridized carbons (Fsp3) is 0.529. The number of carbonyl (C=O) groups excluding carboxylic acids is 1. The normalized spacial score (nSPS) is 16.8. The van der Waals surface area contributed by atoms with Gasteiger partial charge in [0.25, 0.3) is 0 Å². The molecule has 0 aliphatic carbocycles. The molecule has 1 atom stereocenters.